The van der Waals surface area contributed by atoms with Crippen molar-refractivity contribution in [1.29, 1.82) is 0 Å². The molecule has 0 unspecified atom stereocenters. The SMILES string of the molecule is CC1(C)O[C@@]2(C[C@@H]1[C@]1(C)C=CC(=O)O1)C[C@]1(O)[C@H](CC[C@]34C[C@@]31[C@H](O)O[C@H]4c1ccoc1)O2. The molecule has 4 aliphatic heterocycles. The van der Waals surface area contributed by atoms with Crippen LogP contribution in [0.1, 0.15) is 64.5 Å². The summed E-state index contributed by atoms with van der Waals surface area (Å²) < 4.78 is 30.2. The lowest BCUT2D eigenvalue weighted by Gasteiger charge is -2.42. The number of aliphatic hydroxyl groups is 2. The second kappa shape index (κ2) is 5.74. The summed E-state index contributed by atoms with van der Waals surface area (Å²) in [5.41, 5.74) is -2.98. The lowest BCUT2D eigenvalue weighted by atomic mass is 9.65. The highest BCUT2D eigenvalue weighted by Gasteiger charge is 2.91. The number of hydrogen-bond donors (Lipinski definition) is 2. The number of carbonyl (C=O) groups is 1. The van der Waals surface area contributed by atoms with Gasteiger partial charge in [-0.15, -0.1) is 0 Å². The van der Waals surface area contributed by atoms with Gasteiger partial charge in [-0.25, -0.2) is 4.79 Å². The van der Waals surface area contributed by atoms with Gasteiger partial charge in [0.1, 0.15) is 11.2 Å². The molecule has 6 aliphatic rings. The summed E-state index contributed by atoms with van der Waals surface area (Å²) in [7, 11) is 0. The third-order valence-corrected chi connectivity index (χ3v) is 9.81. The molecule has 0 radical (unpaired) electrons. The third-order valence-electron chi connectivity index (χ3n) is 9.81. The van der Waals surface area contributed by atoms with Crippen LogP contribution in [0.5, 0.6) is 0 Å². The molecule has 8 heteroatoms. The maximum atomic E-state index is 12.2. The monoisotopic (exact) mass is 458 g/mol. The van der Waals surface area contributed by atoms with Gasteiger partial charge in [-0.2, -0.15) is 0 Å². The minimum absolute atomic E-state index is 0.152. The summed E-state index contributed by atoms with van der Waals surface area (Å²) in [6.45, 7) is 5.86. The second-order valence-corrected chi connectivity index (χ2v) is 11.8. The fraction of sp³-hybridized carbons (Fsp3) is 0.720. The average Bonchev–Trinajstić information content (AvgIpc) is 3.20. The number of furan rings is 1. The molecule has 178 valence electrons. The lowest BCUT2D eigenvalue weighted by Crippen LogP contribution is -2.55. The Hall–Kier alpha value is -1.71. The molecule has 8 nitrogen and oxygen atoms in total. The van der Waals surface area contributed by atoms with Crippen molar-refractivity contribution in [2.24, 2.45) is 16.7 Å². The van der Waals surface area contributed by atoms with E-state index in [2.05, 4.69) is 0 Å². The van der Waals surface area contributed by atoms with Gasteiger partial charge in [0.05, 0.1) is 35.8 Å². The lowest BCUT2D eigenvalue weighted by molar-refractivity contribution is -0.241. The van der Waals surface area contributed by atoms with Crippen molar-refractivity contribution in [3.05, 3.63) is 36.3 Å². The van der Waals surface area contributed by atoms with Crippen LogP contribution in [0.15, 0.2) is 35.2 Å². The van der Waals surface area contributed by atoms with E-state index in [1.807, 2.05) is 26.8 Å². The Kier molecular flexibility index (Phi) is 3.59. The number of esters is 1. The summed E-state index contributed by atoms with van der Waals surface area (Å²) in [5, 5.41) is 23.4. The first kappa shape index (κ1) is 20.6. The van der Waals surface area contributed by atoms with E-state index in [9.17, 15) is 15.0 Å². The van der Waals surface area contributed by atoms with Crippen LogP contribution in [-0.2, 0) is 23.7 Å². The Balaban J connectivity index is 1.23. The zero-order valence-electron chi connectivity index (χ0n) is 19.1. The molecule has 9 atom stereocenters. The minimum Gasteiger partial charge on any atom is -0.472 e. The van der Waals surface area contributed by atoms with Crippen LogP contribution in [0.25, 0.3) is 0 Å². The van der Waals surface area contributed by atoms with Gasteiger partial charge in [-0.3, -0.25) is 0 Å². The zero-order chi connectivity index (χ0) is 23.1. The number of fused-ring (bicyclic) bond motifs is 1. The van der Waals surface area contributed by atoms with Gasteiger partial charge in [-0.05, 0) is 52.2 Å². The van der Waals surface area contributed by atoms with Crippen LogP contribution in [0.3, 0.4) is 0 Å². The predicted octanol–water partition coefficient (Wildman–Crippen LogP) is 2.74. The van der Waals surface area contributed by atoms with E-state index in [0.29, 0.717) is 19.3 Å². The first-order chi connectivity index (χ1) is 15.5. The Labute approximate surface area is 191 Å². The quantitative estimate of drug-likeness (QED) is 0.652. The van der Waals surface area contributed by atoms with E-state index in [0.717, 1.165) is 12.0 Å². The van der Waals surface area contributed by atoms with Gasteiger partial charge in [0.25, 0.3) is 0 Å². The fourth-order valence-electron chi connectivity index (χ4n) is 8.53. The Bertz CT molecular complexity index is 1060. The Morgan fingerprint density at radius 1 is 1.18 bits per heavy atom. The molecule has 0 amide bonds. The fourth-order valence-corrected chi connectivity index (χ4v) is 8.53. The van der Waals surface area contributed by atoms with Crippen molar-refractivity contribution in [3.63, 3.8) is 0 Å². The van der Waals surface area contributed by atoms with Gasteiger partial charge in [-0.1, -0.05) is 0 Å². The van der Waals surface area contributed by atoms with Crippen molar-refractivity contribution in [2.45, 2.75) is 94.0 Å². The first-order valence-corrected chi connectivity index (χ1v) is 11.9. The average molecular weight is 459 g/mol. The molecule has 2 saturated carbocycles. The molecular formula is C25H30O8. The number of rotatable bonds is 2. The van der Waals surface area contributed by atoms with Gasteiger partial charge < -0.3 is 33.6 Å². The standard InChI is InChI=1S/C25H30O8/c1-20(2)15(21(3)7-5-17(26)32-21)10-23(33-20)13-25(28)16(31-23)4-8-22-12-24(22,25)19(27)30-18(22)14-6-9-29-11-14/h5-7,9,11,15-16,18-19,27-28H,4,8,10,12-13H2,1-3H3/t15-,16-,18-,19+,21-,22+,23-,24+,25-/m0/s1. The molecule has 2 aliphatic carbocycles. The molecule has 2 N–H and O–H groups in total. The zero-order valence-corrected chi connectivity index (χ0v) is 19.1. The highest BCUT2D eigenvalue weighted by Crippen LogP contribution is 2.86. The summed E-state index contributed by atoms with van der Waals surface area (Å²) in [6.07, 6.45) is 7.52. The molecule has 1 aromatic heterocycles. The van der Waals surface area contributed by atoms with Gasteiger partial charge in [0, 0.05) is 35.8 Å². The van der Waals surface area contributed by atoms with E-state index >= 15 is 0 Å². The van der Waals surface area contributed by atoms with Crippen molar-refractivity contribution in [2.75, 3.05) is 0 Å². The van der Waals surface area contributed by atoms with Gasteiger partial charge in [0.2, 0.25) is 0 Å². The van der Waals surface area contributed by atoms with E-state index in [4.69, 9.17) is 23.4 Å². The predicted molar refractivity (Wildman–Crippen MR) is 111 cm³/mol. The van der Waals surface area contributed by atoms with Gasteiger partial charge >= 0.3 is 5.97 Å². The minimum atomic E-state index is -1.28. The molecule has 33 heavy (non-hydrogen) atoms. The number of carbonyl (C=O) groups excluding carboxylic acids is 1. The topological polar surface area (TPSA) is 108 Å². The maximum absolute atomic E-state index is 12.2. The number of cyclic esters (lactones) is 1. The number of ether oxygens (including phenoxy) is 4. The van der Waals surface area contributed by atoms with E-state index < -0.39 is 40.4 Å². The molecular weight excluding hydrogens is 428 g/mol. The van der Waals surface area contributed by atoms with Crippen LogP contribution >= 0.6 is 0 Å². The molecule has 3 saturated heterocycles. The summed E-state index contributed by atoms with van der Waals surface area (Å²) in [6, 6.07) is 1.87. The van der Waals surface area contributed by atoms with Gasteiger partial charge in [0.15, 0.2) is 12.1 Å². The Morgan fingerprint density at radius 2 is 2.00 bits per heavy atom. The third kappa shape index (κ3) is 2.23. The van der Waals surface area contributed by atoms with Crippen LogP contribution in [-0.4, -0.2) is 51.2 Å². The van der Waals surface area contributed by atoms with Crippen molar-refractivity contribution in [1.82, 2.24) is 0 Å². The second-order valence-electron chi connectivity index (χ2n) is 11.8. The molecule has 5 fully saturated rings. The van der Waals surface area contributed by atoms with Crippen LogP contribution in [0.2, 0.25) is 0 Å². The number of aliphatic hydroxyl groups excluding tert-OH is 1. The first-order valence-electron chi connectivity index (χ1n) is 11.9. The van der Waals surface area contributed by atoms with Crippen LogP contribution in [0.4, 0.5) is 0 Å². The number of hydrogen-bond acceptors (Lipinski definition) is 8. The van der Waals surface area contributed by atoms with Crippen LogP contribution in [0, 0.1) is 16.7 Å². The summed E-state index contributed by atoms with van der Waals surface area (Å²) in [5.74, 6) is -1.52. The van der Waals surface area contributed by atoms with Crippen LogP contribution < -0.4 is 0 Å². The van der Waals surface area contributed by atoms with E-state index in [1.165, 1.54) is 6.08 Å². The van der Waals surface area contributed by atoms with Crippen molar-refractivity contribution in [3.8, 4) is 0 Å². The summed E-state index contributed by atoms with van der Waals surface area (Å²) in [4.78, 5) is 11.9. The van der Waals surface area contributed by atoms with Crippen molar-refractivity contribution < 1.29 is 38.4 Å². The van der Waals surface area contributed by atoms with Crippen molar-refractivity contribution >= 4 is 5.97 Å². The summed E-state index contributed by atoms with van der Waals surface area (Å²) >= 11 is 0. The normalized spacial score (nSPS) is 55.5. The maximum Gasteiger partial charge on any atom is 0.331 e. The highest BCUT2D eigenvalue weighted by atomic mass is 16.7. The molecule has 7 rings (SSSR count). The largest absolute Gasteiger partial charge is 0.472 e. The Morgan fingerprint density at radius 3 is 2.70 bits per heavy atom. The smallest absolute Gasteiger partial charge is 0.331 e. The molecule has 0 aromatic carbocycles. The van der Waals surface area contributed by atoms with E-state index in [-0.39, 0.29) is 29.8 Å². The molecule has 0 bridgehead atoms. The van der Waals surface area contributed by atoms with E-state index in [1.54, 1.807) is 18.6 Å². The molecule has 1 aromatic rings. The molecule has 5 heterocycles. The highest BCUT2D eigenvalue weighted by molar-refractivity contribution is 5.85. The molecule has 1 spiro atoms.